The second-order valence-electron chi connectivity index (χ2n) is 8.92. The van der Waals surface area contributed by atoms with Crippen LogP contribution in [0.5, 0.6) is 0 Å². The third-order valence-electron chi connectivity index (χ3n) is 7.32. The smallest absolute Gasteiger partial charge is 0.321 e. The predicted octanol–water partition coefficient (Wildman–Crippen LogP) is 3.99. The van der Waals surface area contributed by atoms with Crippen LogP contribution in [0.25, 0.3) is 0 Å². The van der Waals surface area contributed by atoms with Gasteiger partial charge in [0.2, 0.25) is 0 Å². The number of cyclic esters (lactones) is 1. The second kappa shape index (κ2) is 8.21. The minimum atomic E-state index is -1.06. The van der Waals surface area contributed by atoms with Gasteiger partial charge in [0.05, 0.1) is 20.3 Å². The molecule has 1 aliphatic heterocycles. The maximum atomic E-state index is 14.0. The van der Waals surface area contributed by atoms with Gasteiger partial charge in [-0.05, 0) is 47.9 Å². The molecule has 166 valence electrons. The zero-order valence-electron chi connectivity index (χ0n) is 18.3. The number of carbonyl (C=O) groups excluding carboxylic acids is 2. The molecular weight excluding hydrogens is 404 g/mol. The lowest BCUT2D eigenvalue weighted by Crippen LogP contribution is -2.55. The summed E-state index contributed by atoms with van der Waals surface area (Å²) in [5.41, 5.74) is 2.08. The van der Waals surface area contributed by atoms with Gasteiger partial charge in [-0.3, -0.25) is 9.59 Å². The number of hydrogen-bond acceptors (Lipinski definition) is 5. The van der Waals surface area contributed by atoms with Gasteiger partial charge in [-0.2, -0.15) is 0 Å². The van der Waals surface area contributed by atoms with Crippen LogP contribution in [0.4, 0.5) is 0 Å². The molecule has 0 aromatic heterocycles. The number of ether oxygens (including phenoxy) is 3. The van der Waals surface area contributed by atoms with E-state index in [-0.39, 0.29) is 11.9 Å². The Morgan fingerprint density at radius 1 is 1.03 bits per heavy atom. The van der Waals surface area contributed by atoms with Gasteiger partial charge in [0.1, 0.15) is 11.3 Å². The van der Waals surface area contributed by atoms with Crippen molar-refractivity contribution in [1.82, 2.24) is 0 Å². The molecule has 2 aromatic rings. The summed E-state index contributed by atoms with van der Waals surface area (Å²) in [7, 11) is 1.40. The topological polar surface area (TPSA) is 61.8 Å². The number of rotatable bonds is 2. The quantitative estimate of drug-likeness (QED) is 0.531. The molecular formula is C27H28O5. The highest BCUT2D eigenvalue weighted by Crippen LogP contribution is 2.59. The largest absolute Gasteiger partial charge is 0.468 e. The standard InChI is InChI=1S/C27H28O5/c1-30-24(28)22-13-14-27-23-19(9-8-12-21(22)23)17-26(27,20-10-4-2-5-11-20)18-31-15-6-3-7-16-32-25(27)29/h2,4-5,8-14,22H,3,6-7,15-18H2,1H3/t22-,26-,27+/m1/s1. The Hall–Kier alpha value is -2.92. The molecule has 3 atom stereocenters. The molecule has 0 bridgehead atoms. The van der Waals surface area contributed by atoms with Crippen LogP contribution < -0.4 is 0 Å². The summed E-state index contributed by atoms with van der Waals surface area (Å²) in [4.78, 5) is 26.6. The van der Waals surface area contributed by atoms with Gasteiger partial charge in [-0.1, -0.05) is 60.7 Å². The fourth-order valence-corrected chi connectivity index (χ4v) is 5.84. The zero-order valence-corrected chi connectivity index (χ0v) is 18.3. The normalized spacial score (nSPS) is 29.3. The van der Waals surface area contributed by atoms with Gasteiger partial charge in [0.25, 0.3) is 0 Å². The van der Waals surface area contributed by atoms with Crippen LogP contribution in [0.15, 0.2) is 60.7 Å². The van der Waals surface area contributed by atoms with Crippen molar-refractivity contribution in [3.63, 3.8) is 0 Å². The van der Waals surface area contributed by atoms with Crippen molar-refractivity contribution < 1.29 is 23.8 Å². The number of benzene rings is 2. The average Bonchev–Trinajstić information content (AvgIpc) is 3.12. The van der Waals surface area contributed by atoms with Crippen LogP contribution in [0.2, 0.25) is 0 Å². The Balaban J connectivity index is 1.79. The van der Waals surface area contributed by atoms with E-state index in [1.54, 1.807) is 0 Å². The molecule has 5 rings (SSSR count). The highest BCUT2D eigenvalue weighted by atomic mass is 16.5. The zero-order chi connectivity index (χ0) is 22.2. The second-order valence-corrected chi connectivity index (χ2v) is 8.92. The Morgan fingerprint density at radius 2 is 1.84 bits per heavy atom. The Morgan fingerprint density at radius 3 is 2.66 bits per heavy atom. The molecule has 1 saturated heterocycles. The molecule has 1 spiro atoms. The van der Waals surface area contributed by atoms with E-state index in [1.165, 1.54) is 7.11 Å². The maximum absolute atomic E-state index is 14.0. The number of methoxy groups -OCH3 is 1. The molecule has 5 nitrogen and oxygen atoms in total. The highest BCUT2D eigenvalue weighted by Gasteiger charge is 2.65. The minimum absolute atomic E-state index is 0.266. The van der Waals surface area contributed by atoms with Crippen LogP contribution in [-0.2, 0) is 41.1 Å². The van der Waals surface area contributed by atoms with Gasteiger partial charge in [-0.15, -0.1) is 0 Å². The average molecular weight is 433 g/mol. The monoisotopic (exact) mass is 432 g/mol. The number of carbonyl (C=O) groups is 2. The first-order valence-electron chi connectivity index (χ1n) is 11.3. The summed E-state index contributed by atoms with van der Waals surface area (Å²) in [6.45, 7) is 1.43. The summed E-state index contributed by atoms with van der Waals surface area (Å²) in [5.74, 6) is -1.14. The molecule has 3 aliphatic rings. The molecule has 0 radical (unpaired) electrons. The van der Waals surface area contributed by atoms with Crippen molar-refractivity contribution in [2.24, 2.45) is 0 Å². The van der Waals surface area contributed by atoms with E-state index >= 15 is 0 Å². The predicted molar refractivity (Wildman–Crippen MR) is 119 cm³/mol. The number of esters is 2. The van der Waals surface area contributed by atoms with Crippen molar-refractivity contribution in [1.29, 1.82) is 0 Å². The maximum Gasteiger partial charge on any atom is 0.321 e. The van der Waals surface area contributed by atoms with E-state index in [9.17, 15) is 9.59 Å². The van der Waals surface area contributed by atoms with Gasteiger partial charge in [-0.25, -0.2) is 0 Å². The molecule has 1 heterocycles. The summed E-state index contributed by atoms with van der Waals surface area (Å²) >= 11 is 0. The molecule has 0 saturated carbocycles. The molecule has 0 amide bonds. The van der Waals surface area contributed by atoms with Gasteiger partial charge in [0.15, 0.2) is 0 Å². The van der Waals surface area contributed by atoms with E-state index in [2.05, 4.69) is 18.2 Å². The first-order chi connectivity index (χ1) is 15.6. The SMILES string of the molecule is COC(=O)[C@@H]1C=C[C@]23C(=O)OCCCCCOC[C@@]2(c2ccccc2)Cc2cccc1c23. The molecule has 2 aromatic carbocycles. The lowest BCUT2D eigenvalue weighted by Gasteiger charge is -2.45. The van der Waals surface area contributed by atoms with Gasteiger partial charge < -0.3 is 14.2 Å². The molecule has 0 unspecified atom stereocenters. The fourth-order valence-electron chi connectivity index (χ4n) is 5.84. The van der Waals surface area contributed by atoms with Crippen molar-refractivity contribution in [3.05, 3.63) is 82.9 Å². The highest BCUT2D eigenvalue weighted by molar-refractivity contribution is 5.95. The Labute approximate surface area is 188 Å². The Bertz CT molecular complexity index is 1060. The molecule has 5 heteroatoms. The van der Waals surface area contributed by atoms with Crippen molar-refractivity contribution in [3.8, 4) is 0 Å². The van der Waals surface area contributed by atoms with Gasteiger partial charge >= 0.3 is 11.9 Å². The summed E-state index contributed by atoms with van der Waals surface area (Å²) in [5, 5.41) is 0. The Kier molecular flexibility index (Phi) is 5.38. The van der Waals surface area contributed by atoms with Crippen LogP contribution in [0.3, 0.4) is 0 Å². The summed E-state index contributed by atoms with van der Waals surface area (Å²) < 4.78 is 17.3. The van der Waals surface area contributed by atoms with Crippen molar-refractivity contribution >= 4 is 11.9 Å². The minimum Gasteiger partial charge on any atom is -0.468 e. The van der Waals surface area contributed by atoms with Gasteiger partial charge in [0, 0.05) is 12.0 Å². The first-order valence-corrected chi connectivity index (χ1v) is 11.3. The van der Waals surface area contributed by atoms with E-state index in [4.69, 9.17) is 14.2 Å². The van der Waals surface area contributed by atoms with Crippen LogP contribution >= 0.6 is 0 Å². The molecule has 32 heavy (non-hydrogen) atoms. The van der Waals surface area contributed by atoms with Crippen LogP contribution in [0, 0.1) is 0 Å². The summed E-state index contributed by atoms with van der Waals surface area (Å²) in [6.07, 6.45) is 7.07. The molecule has 0 N–H and O–H groups in total. The first kappa shape index (κ1) is 21.0. The summed E-state index contributed by atoms with van der Waals surface area (Å²) in [6, 6.07) is 16.1. The van der Waals surface area contributed by atoms with E-state index in [1.807, 2.05) is 42.5 Å². The number of hydrogen-bond donors (Lipinski definition) is 0. The molecule has 1 fully saturated rings. The van der Waals surface area contributed by atoms with Crippen molar-refractivity contribution in [2.75, 3.05) is 26.9 Å². The van der Waals surface area contributed by atoms with E-state index in [0.717, 1.165) is 41.5 Å². The van der Waals surface area contributed by atoms with Crippen molar-refractivity contribution in [2.45, 2.75) is 42.4 Å². The lowest BCUT2D eigenvalue weighted by molar-refractivity contribution is -0.152. The third-order valence-corrected chi connectivity index (χ3v) is 7.32. The third kappa shape index (κ3) is 2.95. The van der Waals surface area contributed by atoms with Crippen LogP contribution in [0.1, 0.15) is 47.4 Å². The van der Waals surface area contributed by atoms with E-state index in [0.29, 0.717) is 26.2 Å². The van der Waals surface area contributed by atoms with E-state index < -0.39 is 16.7 Å². The molecule has 2 aliphatic carbocycles. The lowest BCUT2D eigenvalue weighted by atomic mass is 9.57. The fraction of sp³-hybridized carbons (Fsp3) is 0.407. The van der Waals surface area contributed by atoms with Crippen LogP contribution in [-0.4, -0.2) is 38.9 Å².